The van der Waals surface area contributed by atoms with Crippen molar-refractivity contribution in [2.75, 3.05) is 13.1 Å². The summed E-state index contributed by atoms with van der Waals surface area (Å²) in [5.41, 5.74) is 3.32. The number of benzene rings is 2. The van der Waals surface area contributed by atoms with E-state index in [-0.39, 0.29) is 11.8 Å². The first-order chi connectivity index (χ1) is 14.8. The van der Waals surface area contributed by atoms with Crippen LogP contribution in [0.15, 0.2) is 77.6 Å². The Morgan fingerprint density at radius 3 is 2.33 bits per heavy atom. The summed E-state index contributed by atoms with van der Waals surface area (Å²) in [5.74, 6) is 1.48. The Bertz CT molecular complexity index is 1140. The normalized spacial score (nSPS) is 13.8. The molecule has 1 aliphatic heterocycles. The Kier molecular flexibility index (Phi) is 4.77. The summed E-state index contributed by atoms with van der Waals surface area (Å²) < 4.78 is 5.35. The van der Waals surface area contributed by atoms with E-state index < -0.39 is 0 Å². The predicted molar refractivity (Wildman–Crippen MR) is 110 cm³/mol. The fraction of sp³-hybridized carbons (Fsp3) is 0.174. The van der Waals surface area contributed by atoms with Gasteiger partial charge in [0.1, 0.15) is 0 Å². The molecule has 1 saturated heterocycles. The molecule has 0 spiro atoms. The number of nitrogens with zero attached hydrogens (tertiary/aromatic N) is 5. The van der Waals surface area contributed by atoms with Crippen molar-refractivity contribution >= 4 is 5.91 Å². The lowest BCUT2D eigenvalue weighted by Crippen LogP contribution is -2.49. The van der Waals surface area contributed by atoms with E-state index in [0.29, 0.717) is 37.0 Å². The van der Waals surface area contributed by atoms with Gasteiger partial charge in [0.05, 0.1) is 12.3 Å². The molecule has 1 amide bonds. The molecule has 0 aliphatic carbocycles. The van der Waals surface area contributed by atoms with Gasteiger partial charge in [-0.1, -0.05) is 59.8 Å². The van der Waals surface area contributed by atoms with Crippen molar-refractivity contribution < 1.29 is 9.32 Å². The fourth-order valence-electron chi connectivity index (χ4n) is 3.48. The van der Waals surface area contributed by atoms with Crippen molar-refractivity contribution in [2.45, 2.75) is 12.3 Å². The molecule has 3 heterocycles. The van der Waals surface area contributed by atoms with Crippen LogP contribution in [0.1, 0.15) is 17.4 Å². The first-order valence-electron chi connectivity index (χ1n) is 9.79. The standard InChI is InChI=1S/C23H19N5O2/c29-20(13-16-7-9-18(10-8-16)17-5-2-1-3-6-17)28-14-19(15-28)23-26-22(27-30-23)21-24-11-4-12-25-21/h1-12,19H,13-15H2. The third-order valence-corrected chi connectivity index (χ3v) is 5.21. The molecule has 0 unspecified atom stereocenters. The SMILES string of the molecule is O=C(Cc1ccc(-c2ccccc2)cc1)N1CC(c2nc(-c3ncccn3)no2)C1. The Morgan fingerprint density at radius 1 is 0.900 bits per heavy atom. The van der Waals surface area contributed by atoms with E-state index in [1.54, 1.807) is 18.5 Å². The van der Waals surface area contributed by atoms with Gasteiger partial charge >= 0.3 is 0 Å². The summed E-state index contributed by atoms with van der Waals surface area (Å²) in [7, 11) is 0. The maximum atomic E-state index is 12.6. The zero-order valence-electron chi connectivity index (χ0n) is 16.2. The highest BCUT2D eigenvalue weighted by Gasteiger charge is 2.35. The van der Waals surface area contributed by atoms with Crippen molar-refractivity contribution in [3.63, 3.8) is 0 Å². The Balaban J connectivity index is 1.17. The lowest BCUT2D eigenvalue weighted by molar-refractivity contribution is -0.135. The maximum Gasteiger partial charge on any atom is 0.240 e. The number of carbonyl (C=O) groups is 1. The van der Waals surface area contributed by atoms with Crippen molar-refractivity contribution in [1.82, 2.24) is 25.0 Å². The molecule has 1 fully saturated rings. The average molecular weight is 397 g/mol. The molecule has 0 radical (unpaired) electrons. The van der Waals surface area contributed by atoms with E-state index in [9.17, 15) is 4.79 Å². The molecule has 1 aliphatic rings. The van der Waals surface area contributed by atoms with Gasteiger partial charge in [-0.3, -0.25) is 4.79 Å². The molecule has 7 nitrogen and oxygen atoms in total. The maximum absolute atomic E-state index is 12.6. The fourth-order valence-corrected chi connectivity index (χ4v) is 3.48. The van der Waals surface area contributed by atoms with E-state index in [1.165, 1.54) is 5.56 Å². The number of rotatable bonds is 5. The van der Waals surface area contributed by atoms with Crippen LogP contribution in [-0.4, -0.2) is 44.0 Å². The van der Waals surface area contributed by atoms with Gasteiger partial charge < -0.3 is 9.42 Å². The molecule has 2 aromatic heterocycles. The van der Waals surface area contributed by atoms with E-state index in [1.807, 2.05) is 35.2 Å². The van der Waals surface area contributed by atoms with Crippen LogP contribution < -0.4 is 0 Å². The largest absolute Gasteiger partial charge is 0.341 e. The van der Waals surface area contributed by atoms with E-state index in [2.05, 4.69) is 44.4 Å². The van der Waals surface area contributed by atoms with Gasteiger partial charge in [-0.2, -0.15) is 4.98 Å². The van der Waals surface area contributed by atoms with Crippen molar-refractivity contribution in [3.8, 4) is 22.8 Å². The van der Waals surface area contributed by atoms with Crippen LogP contribution in [0.3, 0.4) is 0 Å². The van der Waals surface area contributed by atoms with Crippen LogP contribution in [0, 0.1) is 0 Å². The minimum Gasteiger partial charge on any atom is -0.341 e. The Hall–Kier alpha value is -3.87. The minimum atomic E-state index is 0.0550. The molecular formula is C23H19N5O2. The molecule has 5 rings (SSSR count). The molecule has 0 saturated carbocycles. The van der Waals surface area contributed by atoms with Gasteiger partial charge in [-0.05, 0) is 22.8 Å². The second kappa shape index (κ2) is 7.87. The molecule has 2 aromatic carbocycles. The minimum absolute atomic E-state index is 0.0550. The molecule has 148 valence electrons. The molecule has 0 atom stereocenters. The molecule has 0 bridgehead atoms. The number of amides is 1. The number of aromatic nitrogens is 4. The number of hydrogen-bond donors (Lipinski definition) is 0. The summed E-state index contributed by atoms with van der Waals surface area (Å²) >= 11 is 0. The van der Waals surface area contributed by atoms with Crippen LogP contribution in [-0.2, 0) is 11.2 Å². The lowest BCUT2D eigenvalue weighted by Gasteiger charge is -2.37. The highest BCUT2D eigenvalue weighted by atomic mass is 16.5. The number of hydrogen-bond acceptors (Lipinski definition) is 6. The van der Waals surface area contributed by atoms with Gasteiger partial charge in [0.2, 0.25) is 23.4 Å². The lowest BCUT2D eigenvalue weighted by atomic mass is 9.98. The number of carbonyl (C=O) groups excluding carboxylic acids is 1. The summed E-state index contributed by atoms with van der Waals surface area (Å²) in [4.78, 5) is 27.0. The second-order valence-corrected chi connectivity index (χ2v) is 7.26. The van der Waals surface area contributed by atoms with Crippen LogP contribution in [0.4, 0.5) is 0 Å². The zero-order chi connectivity index (χ0) is 20.3. The van der Waals surface area contributed by atoms with Crippen molar-refractivity contribution in [1.29, 1.82) is 0 Å². The van der Waals surface area contributed by atoms with Gasteiger partial charge in [0, 0.05) is 25.5 Å². The summed E-state index contributed by atoms with van der Waals surface area (Å²) in [5, 5.41) is 3.95. The monoisotopic (exact) mass is 397 g/mol. The number of likely N-dealkylation sites (tertiary alicyclic amines) is 1. The quantitative estimate of drug-likeness (QED) is 0.513. The first-order valence-corrected chi connectivity index (χ1v) is 9.79. The zero-order valence-corrected chi connectivity index (χ0v) is 16.2. The molecular weight excluding hydrogens is 378 g/mol. The van der Waals surface area contributed by atoms with Gasteiger partial charge in [-0.25, -0.2) is 9.97 Å². The molecule has 30 heavy (non-hydrogen) atoms. The second-order valence-electron chi connectivity index (χ2n) is 7.26. The van der Waals surface area contributed by atoms with Gasteiger partial charge in [0.15, 0.2) is 0 Å². The Labute approximate surface area is 173 Å². The van der Waals surface area contributed by atoms with E-state index >= 15 is 0 Å². The topological polar surface area (TPSA) is 85.0 Å². The summed E-state index contributed by atoms with van der Waals surface area (Å²) in [6.07, 6.45) is 3.65. The van der Waals surface area contributed by atoms with E-state index in [4.69, 9.17) is 4.52 Å². The summed E-state index contributed by atoms with van der Waals surface area (Å²) in [6, 6.07) is 20.1. The summed E-state index contributed by atoms with van der Waals surface area (Å²) in [6.45, 7) is 1.16. The molecule has 7 heteroatoms. The van der Waals surface area contributed by atoms with E-state index in [0.717, 1.165) is 11.1 Å². The van der Waals surface area contributed by atoms with Gasteiger partial charge in [0.25, 0.3) is 0 Å². The average Bonchev–Trinajstić information content (AvgIpc) is 3.24. The van der Waals surface area contributed by atoms with Crippen LogP contribution in [0.25, 0.3) is 22.8 Å². The molecule has 0 N–H and O–H groups in total. The van der Waals surface area contributed by atoms with Crippen molar-refractivity contribution in [3.05, 3.63) is 84.5 Å². The third kappa shape index (κ3) is 3.69. The Morgan fingerprint density at radius 2 is 1.60 bits per heavy atom. The van der Waals surface area contributed by atoms with Crippen LogP contribution >= 0.6 is 0 Å². The smallest absolute Gasteiger partial charge is 0.240 e. The van der Waals surface area contributed by atoms with Crippen molar-refractivity contribution in [2.24, 2.45) is 0 Å². The highest BCUT2D eigenvalue weighted by molar-refractivity contribution is 5.80. The third-order valence-electron chi connectivity index (χ3n) is 5.21. The molecule has 4 aromatic rings. The first kappa shape index (κ1) is 18.2. The van der Waals surface area contributed by atoms with Crippen LogP contribution in [0.2, 0.25) is 0 Å². The predicted octanol–water partition coefficient (Wildman–Crippen LogP) is 3.36. The van der Waals surface area contributed by atoms with Gasteiger partial charge in [-0.15, -0.1) is 0 Å². The van der Waals surface area contributed by atoms with Crippen LogP contribution in [0.5, 0.6) is 0 Å². The highest BCUT2D eigenvalue weighted by Crippen LogP contribution is 2.28.